The third-order valence-electron chi connectivity index (χ3n) is 3.54. The summed E-state index contributed by atoms with van der Waals surface area (Å²) < 4.78 is 5.71. The van der Waals surface area contributed by atoms with E-state index in [9.17, 15) is 0 Å². The maximum atomic E-state index is 5.71. The third kappa shape index (κ3) is 4.04. The van der Waals surface area contributed by atoms with Gasteiger partial charge >= 0.3 is 0 Å². The Morgan fingerprint density at radius 1 is 1.24 bits per heavy atom. The first-order valence-electron chi connectivity index (χ1n) is 6.78. The predicted octanol–water partition coefficient (Wildman–Crippen LogP) is 3.33. The van der Waals surface area contributed by atoms with Crippen LogP contribution in [0.1, 0.15) is 32.6 Å². The van der Waals surface area contributed by atoms with Crippen LogP contribution >= 0.6 is 0 Å². The molecule has 0 aliphatic carbocycles. The van der Waals surface area contributed by atoms with E-state index in [1.807, 2.05) is 30.3 Å². The van der Waals surface area contributed by atoms with Gasteiger partial charge in [0.25, 0.3) is 0 Å². The Bertz CT molecular complexity index is 312. The number of rotatable bonds is 5. The molecule has 0 saturated carbocycles. The lowest BCUT2D eigenvalue weighted by Gasteiger charge is -2.33. The molecule has 2 nitrogen and oxygen atoms in total. The van der Waals surface area contributed by atoms with Gasteiger partial charge in [0.2, 0.25) is 0 Å². The van der Waals surface area contributed by atoms with Crippen molar-refractivity contribution in [1.82, 2.24) is 4.90 Å². The minimum Gasteiger partial charge on any atom is -0.494 e. The lowest BCUT2D eigenvalue weighted by atomic mass is 10.0. The topological polar surface area (TPSA) is 12.5 Å². The third-order valence-corrected chi connectivity index (χ3v) is 3.54. The zero-order valence-electron chi connectivity index (χ0n) is 10.8. The summed E-state index contributed by atoms with van der Waals surface area (Å²) in [7, 11) is 0. The molecule has 1 saturated heterocycles. The van der Waals surface area contributed by atoms with Gasteiger partial charge in [-0.1, -0.05) is 24.6 Å². The van der Waals surface area contributed by atoms with Crippen molar-refractivity contribution in [2.24, 2.45) is 0 Å². The first kappa shape index (κ1) is 12.4. The summed E-state index contributed by atoms with van der Waals surface area (Å²) in [6.45, 7) is 5.62. The van der Waals surface area contributed by atoms with E-state index >= 15 is 0 Å². The van der Waals surface area contributed by atoms with Crippen molar-refractivity contribution in [2.75, 3.05) is 19.7 Å². The quantitative estimate of drug-likeness (QED) is 0.723. The number of para-hydroxylation sites is 1. The van der Waals surface area contributed by atoms with E-state index < -0.39 is 0 Å². The van der Waals surface area contributed by atoms with E-state index in [0.29, 0.717) is 0 Å². The monoisotopic (exact) mass is 233 g/mol. The maximum Gasteiger partial charge on any atom is 0.119 e. The van der Waals surface area contributed by atoms with E-state index in [1.54, 1.807) is 0 Å². The summed E-state index contributed by atoms with van der Waals surface area (Å²) in [5.74, 6) is 0.985. The van der Waals surface area contributed by atoms with Crippen molar-refractivity contribution in [3.63, 3.8) is 0 Å². The fourth-order valence-electron chi connectivity index (χ4n) is 2.46. The van der Waals surface area contributed by atoms with Crippen molar-refractivity contribution in [3.05, 3.63) is 30.3 Å². The van der Waals surface area contributed by atoms with Crippen LogP contribution in [-0.4, -0.2) is 30.6 Å². The largest absolute Gasteiger partial charge is 0.494 e. The van der Waals surface area contributed by atoms with Crippen LogP contribution in [-0.2, 0) is 0 Å². The second-order valence-corrected chi connectivity index (χ2v) is 4.90. The average molecular weight is 233 g/mol. The molecule has 94 valence electrons. The molecule has 1 heterocycles. The molecule has 0 radical (unpaired) electrons. The molecular formula is C15H23NO. The second-order valence-electron chi connectivity index (χ2n) is 4.90. The van der Waals surface area contributed by atoms with Gasteiger partial charge in [0, 0.05) is 12.6 Å². The Morgan fingerprint density at radius 2 is 2.06 bits per heavy atom. The Hall–Kier alpha value is -1.02. The molecule has 0 bridgehead atoms. The van der Waals surface area contributed by atoms with Gasteiger partial charge in [-0.2, -0.15) is 0 Å². The maximum absolute atomic E-state index is 5.71. The van der Waals surface area contributed by atoms with Crippen LogP contribution in [0.3, 0.4) is 0 Å². The molecular weight excluding hydrogens is 210 g/mol. The molecule has 1 aliphatic rings. The summed E-state index contributed by atoms with van der Waals surface area (Å²) >= 11 is 0. The number of ether oxygens (including phenoxy) is 1. The van der Waals surface area contributed by atoms with Crippen molar-refractivity contribution in [2.45, 2.75) is 38.6 Å². The van der Waals surface area contributed by atoms with Crippen molar-refractivity contribution >= 4 is 0 Å². The van der Waals surface area contributed by atoms with E-state index in [2.05, 4.69) is 11.8 Å². The van der Waals surface area contributed by atoms with Crippen LogP contribution in [0.4, 0.5) is 0 Å². The fourth-order valence-corrected chi connectivity index (χ4v) is 2.46. The number of benzene rings is 1. The number of likely N-dealkylation sites (tertiary alicyclic amines) is 1. The van der Waals surface area contributed by atoms with E-state index in [0.717, 1.165) is 24.8 Å². The van der Waals surface area contributed by atoms with Crippen LogP contribution in [0.25, 0.3) is 0 Å². The van der Waals surface area contributed by atoms with Crippen LogP contribution in [0.15, 0.2) is 30.3 Å². The highest BCUT2D eigenvalue weighted by Gasteiger charge is 2.16. The summed E-state index contributed by atoms with van der Waals surface area (Å²) in [4.78, 5) is 2.60. The number of hydrogen-bond donors (Lipinski definition) is 0. The first-order valence-corrected chi connectivity index (χ1v) is 6.78. The van der Waals surface area contributed by atoms with Gasteiger partial charge in [0.05, 0.1) is 6.61 Å². The van der Waals surface area contributed by atoms with Crippen LogP contribution in [0.2, 0.25) is 0 Å². The Kier molecular flexibility index (Phi) is 4.87. The molecule has 17 heavy (non-hydrogen) atoms. The van der Waals surface area contributed by atoms with Gasteiger partial charge in [-0.15, -0.1) is 0 Å². The van der Waals surface area contributed by atoms with Gasteiger partial charge in [-0.05, 0) is 44.9 Å². The van der Waals surface area contributed by atoms with Crippen LogP contribution in [0.5, 0.6) is 5.75 Å². The molecule has 0 aromatic heterocycles. The highest BCUT2D eigenvalue weighted by Crippen LogP contribution is 2.16. The molecule has 1 aromatic carbocycles. The highest BCUT2D eigenvalue weighted by atomic mass is 16.5. The summed E-state index contributed by atoms with van der Waals surface area (Å²) in [5.41, 5.74) is 0. The molecule has 0 unspecified atom stereocenters. The molecule has 1 atom stereocenters. The zero-order chi connectivity index (χ0) is 11.9. The standard InChI is InChI=1S/C15H23NO/c1-14-8-5-6-11-16(14)12-7-13-17-15-9-3-2-4-10-15/h2-4,9-10,14H,5-8,11-13H2,1H3/t14-/m0/s1. The molecule has 1 fully saturated rings. The minimum absolute atomic E-state index is 0.764. The Morgan fingerprint density at radius 3 is 2.82 bits per heavy atom. The molecule has 2 heteroatoms. The van der Waals surface area contributed by atoms with Gasteiger partial charge in [-0.3, -0.25) is 0 Å². The van der Waals surface area contributed by atoms with Gasteiger partial charge < -0.3 is 9.64 Å². The number of hydrogen-bond acceptors (Lipinski definition) is 2. The van der Waals surface area contributed by atoms with Gasteiger partial charge in [-0.25, -0.2) is 0 Å². The van der Waals surface area contributed by atoms with E-state index in [-0.39, 0.29) is 0 Å². The number of nitrogens with zero attached hydrogens (tertiary/aromatic N) is 1. The van der Waals surface area contributed by atoms with Crippen molar-refractivity contribution in [1.29, 1.82) is 0 Å². The molecule has 0 spiro atoms. The van der Waals surface area contributed by atoms with Crippen LogP contribution < -0.4 is 4.74 Å². The van der Waals surface area contributed by atoms with E-state index in [4.69, 9.17) is 4.74 Å². The molecule has 2 rings (SSSR count). The Labute approximate surface area is 105 Å². The minimum atomic E-state index is 0.764. The zero-order valence-corrected chi connectivity index (χ0v) is 10.8. The van der Waals surface area contributed by atoms with E-state index in [1.165, 1.54) is 32.4 Å². The summed E-state index contributed by atoms with van der Waals surface area (Å²) in [6, 6.07) is 10.8. The average Bonchev–Trinajstić information content (AvgIpc) is 2.38. The summed E-state index contributed by atoms with van der Waals surface area (Å²) in [6.07, 6.45) is 5.25. The Balaban J connectivity index is 1.63. The highest BCUT2D eigenvalue weighted by molar-refractivity contribution is 5.20. The normalized spacial score (nSPS) is 21.4. The van der Waals surface area contributed by atoms with Crippen molar-refractivity contribution in [3.8, 4) is 5.75 Å². The second kappa shape index (κ2) is 6.65. The lowest BCUT2D eigenvalue weighted by Crippen LogP contribution is -2.38. The van der Waals surface area contributed by atoms with Gasteiger partial charge in [0.1, 0.15) is 5.75 Å². The first-order chi connectivity index (χ1) is 8.36. The smallest absolute Gasteiger partial charge is 0.119 e. The van der Waals surface area contributed by atoms with Gasteiger partial charge in [0.15, 0.2) is 0 Å². The molecule has 0 amide bonds. The SMILES string of the molecule is C[C@H]1CCCCN1CCCOc1ccccc1. The molecule has 1 aromatic rings. The summed E-state index contributed by atoms with van der Waals surface area (Å²) in [5, 5.41) is 0. The number of piperidine rings is 1. The van der Waals surface area contributed by atoms with Crippen molar-refractivity contribution < 1.29 is 4.74 Å². The molecule has 0 N–H and O–H groups in total. The fraction of sp³-hybridized carbons (Fsp3) is 0.600. The van der Waals surface area contributed by atoms with Crippen LogP contribution in [0, 0.1) is 0 Å². The predicted molar refractivity (Wildman–Crippen MR) is 71.4 cm³/mol. The lowest BCUT2D eigenvalue weighted by molar-refractivity contribution is 0.148. The molecule has 1 aliphatic heterocycles.